The van der Waals surface area contributed by atoms with Gasteiger partial charge in [-0.05, 0) is 25.0 Å². The van der Waals surface area contributed by atoms with Crippen LogP contribution in [0.5, 0.6) is 11.5 Å². The molecule has 9 nitrogen and oxygen atoms in total. The molecule has 1 aliphatic carbocycles. The molecule has 0 heterocycles. The second kappa shape index (κ2) is 11.8. The van der Waals surface area contributed by atoms with Crippen LogP contribution in [0.25, 0.3) is 0 Å². The Bertz CT molecular complexity index is 1050. The first-order valence-corrected chi connectivity index (χ1v) is 11.1. The molecule has 2 N–H and O–H groups in total. The van der Waals surface area contributed by atoms with Gasteiger partial charge < -0.3 is 19.5 Å². The van der Waals surface area contributed by atoms with Gasteiger partial charge in [0.25, 0.3) is 11.8 Å². The first-order valence-electron chi connectivity index (χ1n) is 11.1. The zero-order valence-corrected chi connectivity index (χ0v) is 19.2. The number of nitrogens with one attached hydrogen (secondary N) is 2. The van der Waals surface area contributed by atoms with E-state index in [1.807, 2.05) is 0 Å². The number of benzene rings is 2. The predicted molar refractivity (Wildman–Crippen MR) is 124 cm³/mol. The highest BCUT2D eigenvalue weighted by atomic mass is 16.5. The number of esters is 1. The second-order valence-electron chi connectivity index (χ2n) is 7.90. The van der Waals surface area contributed by atoms with Crippen LogP contribution in [0.1, 0.15) is 52.8 Å². The summed E-state index contributed by atoms with van der Waals surface area (Å²) in [6.07, 6.45) is 4.64. The van der Waals surface area contributed by atoms with Crippen molar-refractivity contribution in [2.24, 2.45) is 5.92 Å². The van der Waals surface area contributed by atoms with Gasteiger partial charge >= 0.3 is 5.97 Å². The van der Waals surface area contributed by atoms with Crippen molar-refractivity contribution < 1.29 is 33.4 Å². The Morgan fingerprint density at radius 3 is 2.21 bits per heavy atom. The van der Waals surface area contributed by atoms with Crippen molar-refractivity contribution in [3.63, 3.8) is 0 Å². The number of carbonyl (C=O) groups is 4. The zero-order chi connectivity index (χ0) is 24.5. The monoisotopic (exact) mass is 468 g/mol. The molecular weight excluding hydrogens is 440 g/mol. The van der Waals surface area contributed by atoms with Crippen molar-refractivity contribution in [1.29, 1.82) is 0 Å². The van der Waals surface area contributed by atoms with Gasteiger partial charge in [0.05, 0.1) is 25.5 Å². The summed E-state index contributed by atoms with van der Waals surface area (Å²) in [6.45, 7) is -0.679. The summed E-state index contributed by atoms with van der Waals surface area (Å²) in [6, 6.07) is 11.0. The van der Waals surface area contributed by atoms with Crippen LogP contribution >= 0.6 is 0 Å². The molecule has 0 unspecified atom stereocenters. The lowest BCUT2D eigenvalue weighted by Gasteiger charge is -2.22. The molecule has 34 heavy (non-hydrogen) atoms. The van der Waals surface area contributed by atoms with Gasteiger partial charge in [-0.3, -0.25) is 19.7 Å². The van der Waals surface area contributed by atoms with Crippen molar-refractivity contribution in [1.82, 2.24) is 5.32 Å². The Labute approximate surface area is 197 Å². The fourth-order valence-electron chi connectivity index (χ4n) is 3.78. The molecule has 9 heteroatoms. The number of amides is 3. The summed E-state index contributed by atoms with van der Waals surface area (Å²) in [5.74, 6) is -1.99. The fourth-order valence-corrected chi connectivity index (χ4v) is 3.78. The second-order valence-corrected chi connectivity index (χ2v) is 7.90. The molecule has 1 aliphatic rings. The van der Waals surface area contributed by atoms with E-state index in [1.165, 1.54) is 26.4 Å². The van der Waals surface area contributed by atoms with E-state index in [1.54, 1.807) is 30.3 Å². The van der Waals surface area contributed by atoms with Crippen LogP contribution in [-0.4, -0.2) is 44.5 Å². The molecule has 1 saturated carbocycles. The van der Waals surface area contributed by atoms with E-state index in [9.17, 15) is 19.2 Å². The minimum absolute atomic E-state index is 0.00370. The molecule has 0 saturated heterocycles. The molecule has 0 spiro atoms. The summed E-state index contributed by atoms with van der Waals surface area (Å²) in [4.78, 5) is 49.8. The van der Waals surface area contributed by atoms with E-state index in [0.29, 0.717) is 11.3 Å². The van der Waals surface area contributed by atoms with Crippen LogP contribution in [0.2, 0.25) is 0 Å². The van der Waals surface area contributed by atoms with Crippen LogP contribution in [0, 0.1) is 5.92 Å². The molecule has 1 fully saturated rings. The molecule has 0 aromatic heterocycles. The minimum Gasteiger partial charge on any atom is -0.493 e. The van der Waals surface area contributed by atoms with Crippen molar-refractivity contribution in [2.45, 2.75) is 32.1 Å². The molecule has 0 aliphatic heterocycles. The van der Waals surface area contributed by atoms with Gasteiger partial charge in [-0.15, -0.1) is 0 Å². The lowest BCUT2D eigenvalue weighted by molar-refractivity contribution is -0.123. The molecule has 3 rings (SSSR count). The summed E-state index contributed by atoms with van der Waals surface area (Å²) in [5, 5.41) is 4.96. The van der Waals surface area contributed by atoms with Crippen LogP contribution in [0.4, 0.5) is 5.69 Å². The molecule has 3 amide bonds. The third-order valence-electron chi connectivity index (χ3n) is 5.60. The highest BCUT2D eigenvalue weighted by Gasteiger charge is 2.25. The Kier molecular flexibility index (Phi) is 8.61. The Hall–Kier alpha value is -3.88. The largest absolute Gasteiger partial charge is 0.493 e. The van der Waals surface area contributed by atoms with Gasteiger partial charge in [0.1, 0.15) is 0 Å². The average Bonchev–Trinajstić information content (AvgIpc) is 2.87. The first kappa shape index (κ1) is 24.8. The molecule has 0 atom stereocenters. The number of ether oxygens (including phenoxy) is 3. The third kappa shape index (κ3) is 6.34. The standard InChI is InChI=1S/C25H28N2O7/c1-32-20-13-18(19(14-21(20)33-2)26-23(29)16-9-5-3-6-10-16)25(31)34-15-22(28)27-24(30)17-11-7-4-8-12-17/h4,7-8,11-14,16H,3,5-6,9-10,15H2,1-2H3,(H,26,29)(H,27,28,30). The van der Waals surface area contributed by atoms with E-state index in [0.717, 1.165) is 32.1 Å². The topological polar surface area (TPSA) is 120 Å². The molecular formula is C25H28N2O7. The number of imide groups is 1. The molecule has 0 bridgehead atoms. The molecule has 2 aromatic carbocycles. The van der Waals surface area contributed by atoms with Gasteiger partial charge in [-0.1, -0.05) is 37.5 Å². The van der Waals surface area contributed by atoms with Crippen LogP contribution in [0.3, 0.4) is 0 Å². The van der Waals surface area contributed by atoms with Crippen molar-refractivity contribution >= 4 is 29.4 Å². The summed E-state index contributed by atoms with van der Waals surface area (Å²) < 4.78 is 15.7. The molecule has 180 valence electrons. The van der Waals surface area contributed by atoms with E-state index < -0.39 is 24.4 Å². The van der Waals surface area contributed by atoms with E-state index >= 15 is 0 Å². The lowest BCUT2D eigenvalue weighted by atomic mass is 9.88. The van der Waals surface area contributed by atoms with Crippen molar-refractivity contribution in [2.75, 3.05) is 26.1 Å². The number of methoxy groups -OCH3 is 2. The number of carbonyl (C=O) groups excluding carboxylic acids is 4. The smallest absolute Gasteiger partial charge is 0.340 e. The summed E-state index contributed by atoms with van der Waals surface area (Å²) in [7, 11) is 2.85. The quantitative estimate of drug-likeness (QED) is 0.570. The lowest BCUT2D eigenvalue weighted by Crippen LogP contribution is -2.34. The zero-order valence-electron chi connectivity index (χ0n) is 19.2. The maximum atomic E-state index is 12.8. The first-order chi connectivity index (χ1) is 16.4. The minimum atomic E-state index is -0.859. The van der Waals surface area contributed by atoms with Crippen LogP contribution < -0.4 is 20.1 Å². The highest BCUT2D eigenvalue weighted by Crippen LogP contribution is 2.34. The third-order valence-corrected chi connectivity index (χ3v) is 5.60. The number of hydrogen-bond donors (Lipinski definition) is 2. The summed E-state index contributed by atoms with van der Waals surface area (Å²) in [5.41, 5.74) is 0.498. The SMILES string of the molecule is COc1cc(NC(=O)C2CCCCC2)c(C(=O)OCC(=O)NC(=O)c2ccccc2)cc1OC. The Balaban J connectivity index is 1.71. The normalized spacial score (nSPS) is 13.5. The fraction of sp³-hybridized carbons (Fsp3) is 0.360. The van der Waals surface area contributed by atoms with E-state index in [4.69, 9.17) is 14.2 Å². The molecule has 2 aromatic rings. The van der Waals surface area contributed by atoms with Crippen molar-refractivity contribution in [3.8, 4) is 11.5 Å². The Morgan fingerprint density at radius 1 is 0.912 bits per heavy atom. The average molecular weight is 469 g/mol. The predicted octanol–water partition coefficient (Wildman–Crippen LogP) is 3.34. The summed E-state index contributed by atoms with van der Waals surface area (Å²) >= 11 is 0. The van der Waals surface area contributed by atoms with Gasteiger partial charge in [-0.2, -0.15) is 0 Å². The maximum absolute atomic E-state index is 12.8. The molecule has 0 radical (unpaired) electrons. The van der Waals surface area contributed by atoms with Crippen LogP contribution in [-0.2, 0) is 14.3 Å². The Morgan fingerprint density at radius 2 is 1.56 bits per heavy atom. The van der Waals surface area contributed by atoms with E-state index in [-0.39, 0.29) is 28.8 Å². The van der Waals surface area contributed by atoms with Gasteiger partial charge in [0.15, 0.2) is 18.1 Å². The highest BCUT2D eigenvalue weighted by molar-refractivity contribution is 6.06. The maximum Gasteiger partial charge on any atom is 0.340 e. The van der Waals surface area contributed by atoms with Gasteiger partial charge in [-0.25, -0.2) is 4.79 Å². The van der Waals surface area contributed by atoms with Crippen LogP contribution in [0.15, 0.2) is 42.5 Å². The van der Waals surface area contributed by atoms with Crippen molar-refractivity contribution in [3.05, 3.63) is 53.6 Å². The van der Waals surface area contributed by atoms with Gasteiger partial charge in [0.2, 0.25) is 5.91 Å². The number of hydrogen-bond acceptors (Lipinski definition) is 7. The van der Waals surface area contributed by atoms with E-state index in [2.05, 4.69) is 10.6 Å². The number of anilines is 1. The van der Waals surface area contributed by atoms with Gasteiger partial charge in [0, 0.05) is 23.6 Å². The number of rotatable bonds is 8.